The minimum absolute atomic E-state index is 0.627. The van der Waals surface area contributed by atoms with E-state index in [4.69, 9.17) is 14.8 Å². The predicted molar refractivity (Wildman–Crippen MR) is 118 cm³/mol. The average molecular weight is 398 g/mol. The fraction of sp³-hybridized carbons (Fsp3) is 0.565. The Hall–Kier alpha value is -2.34. The Bertz CT molecular complexity index is 795. The molecule has 158 valence electrons. The van der Waals surface area contributed by atoms with Crippen molar-refractivity contribution < 1.29 is 4.74 Å². The number of benzene rings is 1. The summed E-state index contributed by atoms with van der Waals surface area (Å²) in [7, 11) is 2.07. The highest BCUT2D eigenvalue weighted by molar-refractivity contribution is 5.79. The molecule has 1 fully saturated rings. The van der Waals surface area contributed by atoms with Crippen molar-refractivity contribution in [1.29, 1.82) is 0 Å². The van der Waals surface area contributed by atoms with Crippen LogP contribution in [-0.4, -0.2) is 54.0 Å². The van der Waals surface area contributed by atoms with Crippen LogP contribution in [0.25, 0.3) is 0 Å². The molecule has 0 saturated heterocycles. The lowest BCUT2D eigenvalue weighted by molar-refractivity contribution is 0.115. The maximum atomic E-state index is 5.78. The van der Waals surface area contributed by atoms with Gasteiger partial charge in [0.15, 0.2) is 5.96 Å². The van der Waals surface area contributed by atoms with Gasteiger partial charge in [0.1, 0.15) is 0 Å². The number of ether oxygens (including phenoxy) is 1. The Morgan fingerprint density at radius 3 is 2.72 bits per heavy atom. The summed E-state index contributed by atoms with van der Waals surface area (Å²) in [6.45, 7) is 11.0. The molecule has 1 aromatic carbocycles. The lowest BCUT2D eigenvalue weighted by atomic mass is 10.2. The molecule has 1 aromatic heterocycles. The van der Waals surface area contributed by atoms with Gasteiger partial charge >= 0.3 is 0 Å². The van der Waals surface area contributed by atoms with Gasteiger partial charge < -0.3 is 15.0 Å². The summed E-state index contributed by atoms with van der Waals surface area (Å²) in [5.74, 6) is 1.72. The highest BCUT2D eigenvalue weighted by atomic mass is 16.5. The number of likely N-dealkylation sites (N-methyl/N-ethyl adjacent to an activating group) is 1. The van der Waals surface area contributed by atoms with E-state index >= 15 is 0 Å². The van der Waals surface area contributed by atoms with Gasteiger partial charge in [0, 0.05) is 38.0 Å². The molecule has 0 atom stereocenters. The standard InChI is InChI=1S/C23H35N5O/c1-5-24-23(27(4)13-14-29-17-21-11-12-21)25-15-22-18(2)26-28(19(22)3)16-20-9-7-6-8-10-20/h6-10,21H,5,11-17H2,1-4H3,(H,24,25). The van der Waals surface area contributed by atoms with Crippen molar-refractivity contribution in [3.8, 4) is 0 Å². The Morgan fingerprint density at radius 1 is 1.28 bits per heavy atom. The summed E-state index contributed by atoms with van der Waals surface area (Å²) in [6.07, 6.45) is 2.66. The second kappa shape index (κ2) is 10.4. The maximum Gasteiger partial charge on any atom is 0.194 e. The average Bonchev–Trinajstić information content (AvgIpc) is 3.50. The van der Waals surface area contributed by atoms with Gasteiger partial charge in [-0.3, -0.25) is 4.68 Å². The Morgan fingerprint density at radius 2 is 2.03 bits per heavy atom. The SMILES string of the molecule is CCNC(=NCc1c(C)nn(Cc2ccccc2)c1C)N(C)CCOCC1CC1. The monoisotopic (exact) mass is 397 g/mol. The van der Waals surface area contributed by atoms with Gasteiger partial charge in [0.05, 0.1) is 25.4 Å². The molecule has 0 spiro atoms. The molecular formula is C23H35N5O. The van der Waals surface area contributed by atoms with Crippen LogP contribution >= 0.6 is 0 Å². The summed E-state index contributed by atoms with van der Waals surface area (Å²) in [5.41, 5.74) is 4.69. The molecule has 1 heterocycles. The van der Waals surface area contributed by atoms with Crippen LogP contribution < -0.4 is 5.32 Å². The smallest absolute Gasteiger partial charge is 0.194 e. The Labute approximate surface area is 175 Å². The van der Waals surface area contributed by atoms with Crippen LogP contribution in [0.5, 0.6) is 0 Å². The van der Waals surface area contributed by atoms with E-state index in [9.17, 15) is 0 Å². The molecule has 0 aliphatic heterocycles. The molecule has 2 aromatic rings. The maximum absolute atomic E-state index is 5.78. The van der Waals surface area contributed by atoms with Crippen LogP contribution in [-0.2, 0) is 17.8 Å². The van der Waals surface area contributed by atoms with Gasteiger partial charge in [-0.15, -0.1) is 0 Å². The van der Waals surface area contributed by atoms with Crippen LogP contribution in [0.2, 0.25) is 0 Å². The first-order valence-electron chi connectivity index (χ1n) is 10.7. The second-order valence-electron chi connectivity index (χ2n) is 7.90. The molecule has 1 aliphatic carbocycles. The van der Waals surface area contributed by atoms with E-state index in [0.29, 0.717) is 6.54 Å². The van der Waals surface area contributed by atoms with Gasteiger partial charge in [0.2, 0.25) is 0 Å². The van der Waals surface area contributed by atoms with E-state index in [1.165, 1.54) is 29.7 Å². The van der Waals surface area contributed by atoms with E-state index in [1.54, 1.807) is 0 Å². The number of rotatable bonds is 10. The summed E-state index contributed by atoms with van der Waals surface area (Å²) in [4.78, 5) is 7.02. The van der Waals surface area contributed by atoms with Crippen molar-refractivity contribution in [2.45, 2.75) is 46.7 Å². The summed E-state index contributed by atoms with van der Waals surface area (Å²) in [5, 5.41) is 8.14. The highest BCUT2D eigenvalue weighted by Gasteiger charge is 2.21. The van der Waals surface area contributed by atoms with Crippen molar-refractivity contribution in [3.63, 3.8) is 0 Å². The van der Waals surface area contributed by atoms with Crippen molar-refractivity contribution in [2.24, 2.45) is 10.9 Å². The molecule has 0 bridgehead atoms. The summed E-state index contributed by atoms with van der Waals surface area (Å²) >= 11 is 0. The first kappa shape index (κ1) is 21.4. The molecule has 1 N–H and O–H groups in total. The van der Waals surface area contributed by atoms with Gasteiger partial charge in [-0.05, 0) is 45.1 Å². The van der Waals surface area contributed by atoms with Crippen molar-refractivity contribution in [3.05, 3.63) is 52.8 Å². The Kier molecular flexibility index (Phi) is 7.69. The number of aliphatic imine (C=N–C) groups is 1. The van der Waals surface area contributed by atoms with Gasteiger partial charge in [-0.2, -0.15) is 5.10 Å². The van der Waals surface area contributed by atoms with Crippen molar-refractivity contribution in [2.75, 3.05) is 33.4 Å². The molecule has 0 amide bonds. The van der Waals surface area contributed by atoms with Crippen LogP contribution in [0, 0.1) is 19.8 Å². The predicted octanol–water partition coefficient (Wildman–Crippen LogP) is 3.37. The number of hydrogen-bond acceptors (Lipinski definition) is 3. The minimum Gasteiger partial charge on any atom is -0.379 e. The zero-order valence-corrected chi connectivity index (χ0v) is 18.3. The third-order valence-corrected chi connectivity index (χ3v) is 5.41. The number of aryl methyl sites for hydroxylation is 1. The first-order valence-corrected chi connectivity index (χ1v) is 10.7. The fourth-order valence-electron chi connectivity index (χ4n) is 3.34. The molecular weight excluding hydrogens is 362 g/mol. The molecule has 6 nitrogen and oxygen atoms in total. The third-order valence-electron chi connectivity index (χ3n) is 5.41. The number of nitrogens with one attached hydrogen (secondary N) is 1. The largest absolute Gasteiger partial charge is 0.379 e. The molecule has 29 heavy (non-hydrogen) atoms. The van der Waals surface area contributed by atoms with E-state index in [1.807, 2.05) is 6.07 Å². The van der Waals surface area contributed by atoms with Gasteiger partial charge in [-0.25, -0.2) is 4.99 Å². The first-order chi connectivity index (χ1) is 14.1. The normalized spacial score (nSPS) is 14.3. The van der Waals surface area contributed by atoms with Crippen molar-refractivity contribution in [1.82, 2.24) is 20.0 Å². The zero-order valence-electron chi connectivity index (χ0n) is 18.3. The lowest BCUT2D eigenvalue weighted by Gasteiger charge is -2.22. The van der Waals surface area contributed by atoms with Crippen LogP contribution in [0.4, 0.5) is 0 Å². The summed E-state index contributed by atoms with van der Waals surface area (Å²) in [6, 6.07) is 10.5. The molecule has 6 heteroatoms. The zero-order chi connectivity index (χ0) is 20.6. The molecule has 0 unspecified atom stereocenters. The third kappa shape index (κ3) is 6.32. The van der Waals surface area contributed by atoms with E-state index in [0.717, 1.165) is 50.4 Å². The number of guanidine groups is 1. The highest BCUT2D eigenvalue weighted by Crippen LogP contribution is 2.28. The Balaban J connectivity index is 1.61. The van der Waals surface area contributed by atoms with Crippen LogP contribution in [0.15, 0.2) is 35.3 Å². The summed E-state index contributed by atoms with van der Waals surface area (Å²) < 4.78 is 7.86. The topological polar surface area (TPSA) is 54.7 Å². The van der Waals surface area contributed by atoms with Crippen molar-refractivity contribution >= 4 is 5.96 Å². The fourth-order valence-corrected chi connectivity index (χ4v) is 3.34. The van der Waals surface area contributed by atoms with Gasteiger partial charge in [0.25, 0.3) is 0 Å². The second-order valence-corrected chi connectivity index (χ2v) is 7.90. The van der Waals surface area contributed by atoms with E-state index in [2.05, 4.69) is 67.0 Å². The molecule has 3 rings (SSSR count). The van der Waals surface area contributed by atoms with E-state index < -0.39 is 0 Å². The quantitative estimate of drug-likeness (QED) is 0.379. The molecule has 1 aliphatic rings. The molecule has 1 saturated carbocycles. The van der Waals surface area contributed by atoms with Crippen LogP contribution in [0.3, 0.4) is 0 Å². The lowest BCUT2D eigenvalue weighted by Crippen LogP contribution is -2.40. The van der Waals surface area contributed by atoms with Crippen LogP contribution in [0.1, 0.15) is 42.3 Å². The van der Waals surface area contributed by atoms with Gasteiger partial charge in [-0.1, -0.05) is 30.3 Å². The number of nitrogens with zero attached hydrogens (tertiary/aromatic N) is 4. The number of hydrogen-bond donors (Lipinski definition) is 1. The minimum atomic E-state index is 0.627. The molecule has 0 radical (unpaired) electrons. The number of aromatic nitrogens is 2. The van der Waals surface area contributed by atoms with E-state index in [-0.39, 0.29) is 0 Å².